The van der Waals surface area contributed by atoms with E-state index in [0.29, 0.717) is 28.8 Å². The zero-order chi connectivity index (χ0) is 18.7. The van der Waals surface area contributed by atoms with Gasteiger partial charge in [0.1, 0.15) is 0 Å². The number of carbonyl (C=O) groups is 1. The molecule has 140 valence electrons. The monoisotopic (exact) mass is 377 g/mol. The molecule has 26 heavy (non-hydrogen) atoms. The summed E-state index contributed by atoms with van der Waals surface area (Å²) in [7, 11) is 3.92. The number of hydrogen-bond acceptors (Lipinski definition) is 5. The van der Waals surface area contributed by atoms with Crippen LogP contribution >= 0.6 is 11.6 Å². The van der Waals surface area contributed by atoms with E-state index in [-0.39, 0.29) is 18.0 Å². The molecule has 0 spiro atoms. The van der Waals surface area contributed by atoms with Gasteiger partial charge in [0.25, 0.3) is 0 Å². The molecule has 1 aliphatic rings. The van der Waals surface area contributed by atoms with Gasteiger partial charge in [0.05, 0.1) is 11.6 Å². The lowest BCUT2D eigenvalue weighted by Gasteiger charge is -2.29. The van der Waals surface area contributed by atoms with Gasteiger partial charge in [-0.25, -0.2) is 4.79 Å². The van der Waals surface area contributed by atoms with Crippen molar-refractivity contribution in [1.29, 1.82) is 0 Å². The van der Waals surface area contributed by atoms with Crippen molar-refractivity contribution >= 4 is 17.6 Å². The predicted octanol–water partition coefficient (Wildman–Crippen LogP) is 2.87. The first-order chi connectivity index (χ1) is 12.4. The molecule has 2 aromatic rings. The lowest BCUT2D eigenvalue weighted by Crippen LogP contribution is -2.43. The van der Waals surface area contributed by atoms with Gasteiger partial charge in [-0.15, -0.1) is 0 Å². The standard InChI is InChI=1S/C18H24ClN5O2/c1-18(8-9-23(2)11-18)12-24(3)17(25)20-10-15-21-16(22-26-15)13-6-4-5-7-14(13)19/h4-7H,8-12H2,1-3H3,(H,20,25)/t18-/m1/s1. The van der Waals surface area contributed by atoms with Gasteiger partial charge >= 0.3 is 6.03 Å². The molecule has 2 heterocycles. The van der Waals surface area contributed by atoms with Gasteiger partial charge in [-0.3, -0.25) is 0 Å². The average Bonchev–Trinajstić information content (AvgIpc) is 3.19. The van der Waals surface area contributed by atoms with Gasteiger partial charge in [-0.1, -0.05) is 35.8 Å². The summed E-state index contributed by atoms with van der Waals surface area (Å²) in [6.07, 6.45) is 1.09. The van der Waals surface area contributed by atoms with Crippen LogP contribution in [0.3, 0.4) is 0 Å². The predicted molar refractivity (Wildman–Crippen MR) is 99.8 cm³/mol. The van der Waals surface area contributed by atoms with Crippen molar-refractivity contribution in [1.82, 2.24) is 25.3 Å². The van der Waals surface area contributed by atoms with E-state index < -0.39 is 0 Å². The second kappa shape index (κ2) is 7.63. The first-order valence-electron chi connectivity index (χ1n) is 8.61. The molecule has 1 saturated heterocycles. The number of urea groups is 1. The van der Waals surface area contributed by atoms with Gasteiger partial charge in [-0.2, -0.15) is 4.98 Å². The number of aromatic nitrogens is 2. The van der Waals surface area contributed by atoms with Gasteiger partial charge in [0.2, 0.25) is 11.7 Å². The molecule has 1 atom stereocenters. The molecule has 3 rings (SSSR count). The van der Waals surface area contributed by atoms with Crippen molar-refractivity contribution in [2.24, 2.45) is 5.41 Å². The Morgan fingerprint density at radius 3 is 2.92 bits per heavy atom. The number of rotatable bonds is 5. The zero-order valence-electron chi connectivity index (χ0n) is 15.3. The number of hydrogen-bond donors (Lipinski definition) is 1. The van der Waals surface area contributed by atoms with Crippen LogP contribution < -0.4 is 5.32 Å². The zero-order valence-corrected chi connectivity index (χ0v) is 16.1. The lowest BCUT2D eigenvalue weighted by molar-refractivity contribution is 0.176. The molecular formula is C18H24ClN5O2. The number of carbonyl (C=O) groups excluding carboxylic acids is 1. The summed E-state index contributed by atoms with van der Waals surface area (Å²) < 4.78 is 5.21. The Morgan fingerprint density at radius 2 is 2.23 bits per heavy atom. The minimum Gasteiger partial charge on any atom is -0.337 e. The van der Waals surface area contributed by atoms with Gasteiger partial charge in [0, 0.05) is 25.7 Å². The van der Waals surface area contributed by atoms with Crippen molar-refractivity contribution in [2.45, 2.75) is 19.9 Å². The van der Waals surface area contributed by atoms with Crippen LogP contribution in [0.4, 0.5) is 4.79 Å². The van der Waals surface area contributed by atoms with E-state index in [1.54, 1.807) is 11.0 Å². The maximum Gasteiger partial charge on any atom is 0.317 e. The number of likely N-dealkylation sites (tertiary alicyclic amines) is 1. The molecule has 0 bridgehead atoms. The largest absolute Gasteiger partial charge is 0.337 e. The van der Waals surface area contributed by atoms with Crippen LogP contribution in [-0.4, -0.2) is 59.7 Å². The van der Waals surface area contributed by atoms with Gasteiger partial charge < -0.3 is 19.6 Å². The number of halogens is 1. The SMILES string of the molecule is CN1CC[C@@](C)(CN(C)C(=O)NCc2nc(-c3ccccc3Cl)no2)C1. The molecule has 1 aromatic carbocycles. The molecular weight excluding hydrogens is 354 g/mol. The summed E-state index contributed by atoms with van der Waals surface area (Å²) in [5.74, 6) is 0.753. The van der Waals surface area contributed by atoms with Crippen molar-refractivity contribution in [2.75, 3.05) is 33.7 Å². The quantitative estimate of drug-likeness (QED) is 0.867. The van der Waals surface area contributed by atoms with Gasteiger partial charge in [-0.05, 0) is 37.6 Å². The number of nitrogens with one attached hydrogen (secondary N) is 1. The maximum absolute atomic E-state index is 12.3. The Kier molecular flexibility index (Phi) is 5.48. The smallest absolute Gasteiger partial charge is 0.317 e. The third kappa shape index (κ3) is 4.34. The third-order valence-electron chi connectivity index (χ3n) is 4.69. The molecule has 1 N–H and O–H groups in total. The van der Waals surface area contributed by atoms with E-state index in [1.807, 2.05) is 25.2 Å². The molecule has 1 aromatic heterocycles. The second-order valence-corrected chi connectivity index (χ2v) is 7.71. The highest BCUT2D eigenvalue weighted by Crippen LogP contribution is 2.29. The number of amides is 2. The van der Waals surface area contributed by atoms with E-state index in [0.717, 1.165) is 19.5 Å². The van der Waals surface area contributed by atoms with Crippen LogP contribution in [0.25, 0.3) is 11.4 Å². The van der Waals surface area contributed by atoms with Gasteiger partial charge in [0.15, 0.2) is 0 Å². The first kappa shape index (κ1) is 18.7. The van der Waals surface area contributed by atoms with Crippen LogP contribution in [0.5, 0.6) is 0 Å². The molecule has 0 radical (unpaired) electrons. The Balaban J connectivity index is 1.54. The van der Waals surface area contributed by atoms with Crippen LogP contribution in [0.1, 0.15) is 19.2 Å². The Labute approximate surface area is 158 Å². The fourth-order valence-corrected chi connectivity index (χ4v) is 3.63. The lowest BCUT2D eigenvalue weighted by atomic mass is 9.89. The molecule has 1 fully saturated rings. The van der Waals surface area contributed by atoms with Crippen LogP contribution in [0.2, 0.25) is 5.02 Å². The fourth-order valence-electron chi connectivity index (χ4n) is 3.41. The Hall–Kier alpha value is -2.12. The van der Waals surface area contributed by atoms with E-state index in [2.05, 4.69) is 34.3 Å². The molecule has 0 saturated carbocycles. The molecule has 7 nitrogen and oxygen atoms in total. The van der Waals surface area contributed by atoms with Crippen molar-refractivity contribution < 1.29 is 9.32 Å². The maximum atomic E-state index is 12.3. The van der Waals surface area contributed by atoms with E-state index in [1.165, 1.54) is 0 Å². The minimum absolute atomic E-state index is 0.128. The van der Waals surface area contributed by atoms with Crippen LogP contribution in [-0.2, 0) is 6.54 Å². The topological polar surface area (TPSA) is 74.5 Å². The molecule has 8 heteroatoms. The highest BCUT2D eigenvalue weighted by molar-refractivity contribution is 6.33. The molecule has 0 aliphatic carbocycles. The summed E-state index contributed by atoms with van der Waals surface area (Å²) in [6, 6.07) is 7.13. The highest BCUT2D eigenvalue weighted by Gasteiger charge is 2.34. The number of nitrogens with zero attached hydrogens (tertiary/aromatic N) is 4. The normalized spacial score (nSPS) is 20.3. The third-order valence-corrected chi connectivity index (χ3v) is 5.02. The summed E-state index contributed by atoms with van der Waals surface area (Å²) in [4.78, 5) is 20.7. The minimum atomic E-state index is -0.154. The van der Waals surface area contributed by atoms with E-state index in [4.69, 9.17) is 16.1 Å². The van der Waals surface area contributed by atoms with Crippen LogP contribution in [0.15, 0.2) is 28.8 Å². The first-order valence-corrected chi connectivity index (χ1v) is 8.99. The van der Waals surface area contributed by atoms with Crippen LogP contribution in [0, 0.1) is 5.41 Å². The van der Waals surface area contributed by atoms with E-state index >= 15 is 0 Å². The van der Waals surface area contributed by atoms with Crippen molar-refractivity contribution in [3.05, 3.63) is 35.2 Å². The summed E-state index contributed by atoms with van der Waals surface area (Å²) in [5.41, 5.74) is 0.827. The Morgan fingerprint density at radius 1 is 1.46 bits per heavy atom. The summed E-state index contributed by atoms with van der Waals surface area (Å²) >= 11 is 6.14. The fraction of sp³-hybridized carbons (Fsp3) is 0.500. The Bertz CT molecular complexity index is 780. The molecule has 2 amide bonds. The summed E-state index contributed by atoms with van der Waals surface area (Å²) in [5, 5.41) is 7.31. The highest BCUT2D eigenvalue weighted by atomic mass is 35.5. The van der Waals surface area contributed by atoms with E-state index in [9.17, 15) is 4.79 Å². The summed E-state index contributed by atoms with van der Waals surface area (Å²) in [6.45, 7) is 5.16. The van der Waals surface area contributed by atoms with Crippen molar-refractivity contribution in [3.63, 3.8) is 0 Å². The number of benzene rings is 1. The molecule has 0 unspecified atom stereocenters. The molecule has 1 aliphatic heterocycles. The van der Waals surface area contributed by atoms with Crippen molar-refractivity contribution in [3.8, 4) is 11.4 Å². The average molecular weight is 378 g/mol. The second-order valence-electron chi connectivity index (χ2n) is 7.30.